The number of rotatable bonds is 6. The number of carboxylic acids is 1. The van der Waals surface area contributed by atoms with E-state index >= 15 is 0 Å². The normalized spacial score (nSPS) is 20.8. The van der Waals surface area contributed by atoms with Crippen LogP contribution in [0, 0.1) is 11.8 Å². The average molecular weight is 395 g/mol. The van der Waals surface area contributed by atoms with E-state index in [1.54, 1.807) is 21.9 Å². The lowest BCUT2D eigenvalue weighted by Crippen LogP contribution is -2.43. The molecule has 1 unspecified atom stereocenters. The van der Waals surface area contributed by atoms with Gasteiger partial charge in [0.05, 0.1) is 23.4 Å². The molecule has 3 rings (SSSR count). The van der Waals surface area contributed by atoms with Crippen LogP contribution in [0.25, 0.3) is 0 Å². The Bertz CT molecular complexity index is 718. The first-order valence-corrected chi connectivity index (χ1v) is 9.50. The lowest BCUT2D eigenvalue weighted by molar-refractivity contribution is -0.146. The number of piperidine rings is 1. The van der Waals surface area contributed by atoms with Crippen molar-refractivity contribution in [1.82, 2.24) is 9.80 Å². The molecule has 7 nitrogen and oxygen atoms in total. The number of ether oxygens (including phenoxy) is 1. The van der Waals surface area contributed by atoms with Gasteiger partial charge in [-0.25, -0.2) is 0 Å². The third kappa shape index (κ3) is 4.71. The van der Waals surface area contributed by atoms with Crippen LogP contribution >= 0.6 is 11.6 Å². The molecule has 1 aromatic carbocycles. The number of aliphatic carboxylic acids is 1. The molecule has 1 aromatic rings. The SMILES string of the molecule is O=C(O)C1CCN(C(=O)C2CC(=O)N(CCOc3ccccc3Cl)C2)CC1. The number of carboxylic acid groups (broad SMARTS) is 1. The summed E-state index contributed by atoms with van der Waals surface area (Å²) >= 11 is 6.04. The second-order valence-corrected chi connectivity index (χ2v) is 7.36. The molecule has 0 spiro atoms. The molecule has 27 heavy (non-hydrogen) atoms. The van der Waals surface area contributed by atoms with Crippen LogP contribution in [-0.2, 0) is 14.4 Å². The van der Waals surface area contributed by atoms with E-state index in [1.807, 2.05) is 12.1 Å². The van der Waals surface area contributed by atoms with Gasteiger partial charge in [0.2, 0.25) is 11.8 Å². The van der Waals surface area contributed by atoms with E-state index in [4.69, 9.17) is 21.4 Å². The Balaban J connectivity index is 1.46. The molecule has 0 aromatic heterocycles. The van der Waals surface area contributed by atoms with E-state index in [0.29, 0.717) is 56.4 Å². The summed E-state index contributed by atoms with van der Waals surface area (Å²) in [6, 6.07) is 7.14. The molecule has 146 valence electrons. The number of nitrogens with zero attached hydrogens (tertiary/aromatic N) is 2. The Labute approximate surface area is 162 Å². The first kappa shape index (κ1) is 19.5. The average Bonchev–Trinajstić information content (AvgIpc) is 3.03. The van der Waals surface area contributed by atoms with Crippen molar-refractivity contribution in [2.45, 2.75) is 19.3 Å². The van der Waals surface area contributed by atoms with Crippen molar-refractivity contribution in [3.63, 3.8) is 0 Å². The fourth-order valence-electron chi connectivity index (χ4n) is 3.59. The predicted molar refractivity (Wildman–Crippen MR) is 98.6 cm³/mol. The van der Waals surface area contributed by atoms with Gasteiger partial charge in [-0.3, -0.25) is 14.4 Å². The van der Waals surface area contributed by atoms with Crippen LogP contribution in [0.2, 0.25) is 5.02 Å². The number of amides is 2. The van der Waals surface area contributed by atoms with Crippen molar-refractivity contribution >= 4 is 29.4 Å². The number of hydrogen-bond acceptors (Lipinski definition) is 4. The molecule has 1 N–H and O–H groups in total. The van der Waals surface area contributed by atoms with Gasteiger partial charge in [-0.2, -0.15) is 0 Å². The molecule has 2 aliphatic rings. The van der Waals surface area contributed by atoms with Crippen LogP contribution in [0.4, 0.5) is 0 Å². The van der Waals surface area contributed by atoms with Gasteiger partial charge >= 0.3 is 5.97 Å². The Kier molecular flexibility index (Phi) is 6.21. The molecular formula is C19H23ClN2O5. The summed E-state index contributed by atoms with van der Waals surface area (Å²) in [5.41, 5.74) is 0. The monoisotopic (exact) mass is 394 g/mol. The van der Waals surface area contributed by atoms with E-state index in [1.165, 1.54) is 0 Å². The summed E-state index contributed by atoms with van der Waals surface area (Å²) in [6.45, 7) is 1.96. The second kappa shape index (κ2) is 8.61. The molecule has 2 fully saturated rings. The fraction of sp³-hybridized carbons (Fsp3) is 0.526. The number of likely N-dealkylation sites (tertiary alicyclic amines) is 2. The Hall–Kier alpha value is -2.28. The highest BCUT2D eigenvalue weighted by Crippen LogP contribution is 2.25. The maximum atomic E-state index is 12.7. The fourth-order valence-corrected chi connectivity index (χ4v) is 3.78. The molecule has 1 atom stereocenters. The van der Waals surface area contributed by atoms with Crippen LogP contribution in [0.1, 0.15) is 19.3 Å². The summed E-state index contributed by atoms with van der Waals surface area (Å²) in [5.74, 6) is -1.09. The van der Waals surface area contributed by atoms with E-state index in [0.717, 1.165) is 0 Å². The van der Waals surface area contributed by atoms with Gasteiger partial charge < -0.3 is 19.6 Å². The smallest absolute Gasteiger partial charge is 0.306 e. The second-order valence-electron chi connectivity index (χ2n) is 6.96. The van der Waals surface area contributed by atoms with Gasteiger partial charge in [0, 0.05) is 26.1 Å². The third-order valence-corrected chi connectivity index (χ3v) is 5.49. The number of hydrogen-bond donors (Lipinski definition) is 1. The van der Waals surface area contributed by atoms with E-state index in [-0.39, 0.29) is 30.1 Å². The molecule has 0 saturated carbocycles. The molecule has 0 radical (unpaired) electrons. The van der Waals surface area contributed by atoms with Crippen molar-refractivity contribution in [2.24, 2.45) is 11.8 Å². The summed E-state index contributed by atoms with van der Waals surface area (Å²) < 4.78 is 5.62. The van der Waals surface area contributed by atoms with Gasteiger partial charge in [0.1, 0.15) is 12.4 Å². The minimum absolute atomic E-state index is 0.0540. The molecule has 8 heteroatoms. The highest BCUT2D eigenvalue weighted by molar-refractivity contribution is 6.32. The molecule has 2 amide bonds. The molecule has 2 saturated heterocycles. The number of carbonyl (C=O) groups is 3. The topological polar surface area (TPSA) is 87.2 Å². The van der Waals surface area contributed by atoms with Crippen molar-refractivity contribution < 1.29 is 24.2 Å². The zero-order valence-electron chi connectivity index (χ0n) is 15.0. The molecular weight excluding hydrogens is 372 g/mol. The lowest BCUT2D eigenvalue weighted by atomic mass is 9.95. The van der Waals surface area contributed by atoms with Gasteiger partial charge in [-0.15, -0.1) is 0 Å². The van der Waals surface area contributed by atoms with Crippen LogP contribution in [0.3, 0.4) is 0 Å². The summed E-state index contributed by atoms with van der Waals surface area (Å²) in [5, 5.41) is 9.57. The van der Waals surface area contributed by atoms with Gasteiger partial charge in [-0.1, -0.05) is 23.7 Å². The quantitative estimate of drug-likeness (QED) is 0.796. The summed E-state index contributed by atoms with van der Waals surface area (Å²) in [6.07, 6.45) is 1.14. The Morgan fingerprint density at radius 3 is 2.56 bits per heavy atom. The number of carbonyl (C=O) groups excluding carboxylic acids is 2. The van der Waals surface area contributed by atoms with Crippen molar-refractivity contribution in [2.75, 3.05) is 32.8 Å². The predicted octanol–water partition coefficient (Wildman–Crippen LogP) is 1.89. The Morgan fingerprint density at radius 1 is 1.19 bits per heavy atom. The highest BCUT2D eigenvalue weighted by atomic mass is 35.5. The summed E-state index contributed by atoms with van der Waals surface area (Å²) in [7, 11) is 0. The third-order valence-electron chi connectivity index (χ3n) is 5.18. The van der Waals surface area contributed by atoms with Gasteiger partial charge in [0.15, 0.2) is 0 Å². The zero-order chi connectivity index (χ0) is 19.4. The molecule has 2 aliphatic heterocycles. The standard InChI is InChI=1S/C19H23ClN2O5/c20-15-3-1-2-4-16(15)27-10-9-22-12-14(11-17(22)23)18(24)21-7-5-13(6-8-21)19(25)26/h1-4,13-14H,5-12H2,(H,25,26). The minimum Gasteiger partial charge on any atom is -0.490 e. The maximum absolute atomic E-state index is 12.7. The van der Waals surface area contributed by atoms with Gasteiger partial charge in [-0.05, 0) is 25.0 Å². The molecule has 0 bridgehead atoms. The van der Waals surface area contributed by atoms with E-state index < -0.39 is 5.97 Å². The minimum atomic E-state index is -0.803. The van der Waals surface area contributed by atoms with Crippen LogP contribution < -0.4 is 4.74 Å². The summed E-state index contributed by atoms with van der Waals surface area (Å²) in [4.78, 5) is 39.2. The zero-order valence-corrected chi connectivity index (χ0v) is 15.7. The van der Waals surface area contributed by atoms with Crippen molar-refractivity contribution in [3.05, 3.63) is 29.3 Å². The largest absolute Gasteiger partial charge is 0.490 e. The highest BCUT2D eigenvalue weighted by Gasteiger charge is 2.37. The van der Waals surface area contributed by atoms with Crippen LogP contribution in [0.5, 0.6) is 5.75 Å². The van der Waals surface area contributed by atoms with Crippen LogP contribution in [0.15, 0.2) is 24.3 Å². The van der Waals surface area contributed by atoms with Crippen LogP contribution in [-0.4, -0.2) is 65.5 Å². The Morgan fingerprint density at radius 2 is 1.89 bits per heavy atom. The number of halogens is 1. The number of benzene rings is 1. The first-order chi connectivity index (χ1) is 13.0. The molecule has 0 aliphatic carbocycles. The molecule has 2 heterocycles. The maximum Gasteiger partial charge on any atom is 0.306 e. The number of para-hydroxylation sites is 1. The lowest BCUT2D eigenvalue weighted by Gasteiger charge is -2.31. The van der Waals surface area contributed by atoms with Gasteiger partial charge in [0.25, 0.3) is 0 Å². The van der Waals surface area contributed by atoms with E-state index in [2.05, 4.69) is 0 Å². The van der Waals surface area contributed by atoms with Crippen molar-refractivity contribution in [1.29, 1.82) is 0 Å². The van der Waals surface area contributed by atoms with Crippen molar-refractivity contribution in [3.8, 4) is 5.75 Å². The first-order valence-electron chi connectivity index (χ1n) is 9.12. The van der Waals surface area contributed by atoms with E-state index in [9.17, 15) is 14.4 Å².